The number of likely N-dealkylation sites (tertiary alicyclic amines) is 1. The highest BCUT2D eigenvalue weighted by Crippen LogP contribution is 2.24. The van der Waals surface area contributed by atoms with Crippen LogP contribution >= 0.6 is 0 Å². The van der Waals surface area contributed by atoms with Gasteiger partial charge in [-0.1, -0.05) is 18.2 Å². The highest BCUT2D eigenvalue weighted by molar-refractivity contribution is 5.94. The van der Waals surface area contributed by atoms with E-state index >= 15 is 0 Å². The molecular weight excluding hydrogens is 285 g/mol. The summed E-state index contributed by atoms with van der Waals surface area (Å²) >= 11 is 0. The molecule has 0 aliphatic carbocycles. The number of hydrogen-bond acceptors (Lipinski definition) is 3. The van der Waals surface area contributed by atoms with Crippen molar-refractivity contribution in [2.45, 2.75) is 45.6 Å². The summed E-state index contributed by atoms with van der Waals surface area (Å²) < 4.78 is 19.0. The maximum atomic E-state index is 13.7. The normalized spacial score (nSPS) is 19.2. The van der Waals surface area contributed by atoms with Gasteiger partial charge in [-0.2, -0.15) is 0 Å². The Bertz CT molecular complexity index is 565. The monoisotopic (exact) mass is 307 g/mol. The fourth-order valence-corrected chi connectivity index (χ4v) is 2.57. The van der Waals surface area contributed by atoms with Gasteiger partial charge in [0.2, 0.25) is 5.91 Å². The van der Waals surface area contributed by atoms with Crippen molar-refractivity contribution < 1.29 is 18.7 Å². The first-order valence-corrected chi connectivity index (χ1v) is 7.55. The standard InChI is InChI=1S/C17H22FNO3/c1-17(2,3)22-16(21)19-10-6-8-13(15(19)20)11-12-7-4-5-9-14(12)18/h4-5,7,9,13H,6,8,10-11H2,1-3H3. The predicted molar refractivity (Wildman–Crippen MR) is 80.8 cm³/mol. The van der Waals surface area contributed by atoms with Gasteiger partial charge in [0.1, 0.15) is 11.4 Å². The Labute approximate surface area is 130 Å². The number of nitrogens with zero attached hydrogens (tertiary/aromatic N) is 1. The second kappa shape index (κ2) is 6.46. The second-order valence-electron chi connectivity index (χ2n) is 6.60. The van der Waals surface area contributed by atoms with Crippen LogP contribution in [0.25, 0.3) is 0 Å². The number of benzene rings is 1. The lowest BCUT2D eigenvalue weighted by molar-refractivity contribution is -0.137. The van der Waals surface area contributed by atoms with Gasteiger partial charge in [-0.05, 0) is 51.7 Å². The minimum Gasteiger partial charge on any atom is -0.443 e. The van der Waals surface area contributed by atoms with Gasteiger partial charge < -0.3 is 4.74 Å². The molecule has 1 aromatic rings. The van der Waals surface area contributed by atoms with Crippen LogP contribution in [0.15, 0.2) is 24.3 Å². The van der Waals surface area contributed by atoms with E-state index in [1.165, 1.54) is 6.07 Å². The maximum absolute atomic E-state index is 13.7. The number of carbonyl (C=O) groups is 2. The Kier molecular flexibility index (Phi) is 4.84. The van der Waals surface area contributed by atoms with E-state index in [0.717, 1.165) is 4.90 Å². The first-order chi connectivity index (χ1) is 10.3. The van der Waals surface area contributed by atoms with E-state index in [4.69, 9.17) is 4.74 Å². The van der Waals surface area contributed by atoms with Crippen LogP contribution in [-0.4, -0.2) is 29.0 Å². The first-order valence-electron chi connectivity index (χ1n) is 7.55. The van der Waals surface area contributed by atoms with E-state index in [9.17, 15) is 14.0 Å². The van der Waals surface area contributed by atoms with Gasteiger partial charge in [-0.25, -0.2) is 14.1 Å². The van der Waals surface area contributed by atoms with Crippen molar-refractivity contribution in [2.75, 3.05) is 6.54 Å². The number of carbonyl (C=O) groups excluding carboxylic acids is 2. The van der Waals surface area contributed by atoms with Gasteiger partial charge in [0.15, 0.2) is 0 Å². The van der Waals surface area contributed by atoms with Crippen LogP contribution in [0.2, 0.25) is 0 Å². The van der Waals surface area contributed by atoms with Gasteiger partial charge >= 0.3 is 6.09 Å². The molecule has 1 aromatic carbocycles. The SMILES string of the molecule is CC(C)(C)OC(=O)N1CCCC(Cc2ccccc2F)C1=O. The predicted octanol–water partition coefficient (Wildman–Crippen LogP) is 3.54. The molecule has 0 aromatic heterocycles. The van der Waals surface area contributed by atoms with Crippen molar-refractivity contribution >= 4 is 12.0 Å². The first kappa shape index (κ1) is 16.5. The number of piperidine rings is 1. The van der Waals surface area contributed by atoms with Gasteiger partial charge in [-0.15, -0.1) is 0 Å². The molecule has 1 aliphatic heterocycles. The summed E-state index contributed by atoms with van der Waals surface area (Å²) in [6, 6.07) is 6.43. The molecule has 1 fully saturated rings. The summed E-state index contributed by atoms with van der Waals surface area (Å²) in [6.07, 6.45) is 1.07. The minimum absolute atomic E-state index is 0.274. The molecular formula is C17H22FNO3. The molecule has 2 amide bonds. The van der Waals surface area contributed by atoms with Gasteiger partial charge in [0.05, 0.1) is 0 Å². The Hall–Kier alpha value is -1.91. The zero-order valence-corrected chi connectivity index (χ0v) is 13.3. The van der Waals surface area contributed by atoms with E-state index in [0.29, 0.717) is 31.4 Å². The van der Waals surface area contributed by atoms with Crippen LogP contribution in [0.1, 0.15) is 39.2 Å². The molecule has 1 unspecified atom stereocenters. The summed E-state index contributed by atoms with van der Waals surface area (Å²) in [4.78, 5) is 25.7. The average molecular weight is 307 g/mol. The molecule has 22 heavy (non-hydrogen) atoms. The van der Waals surface area contributed by atoms with E-state index in [1.807, 2.05) is 0 Å². The Morgan fingerprint density at radius 1 is 1.36 bits per heavy atom. The third kappa shape index (κ3) is 4.06. The van der Waals surface area contributed by atoms with Crippen LogP contribution in [0.4, 0.5) is 9.18 Å². The lowest BCUT2D eigenvalue weighted by Crippen LogP contribution is -2.47. The van der Waals surface area contributed by atoms with E-state index in [1.54, 1.807) is 39.0 Å². The van der Waals surface area contributed by atoms with E-state index in [-0.39, 0.29) is 17.6 Å². The van der Waals surface area contributed by atoms with Crippen LogP contribution in [0, 0.1) is 11.7 Å². The summed E-state index contributed by atoms with van der Waals surface area (Å²) in [5, 5.41) is 0. The molecule has 120 valence electrons. The molecule has 4 nitrogen and oxygen atoms in total. The third-order valence-electron chi connectivity index (χ3n) is 3.59. The fraction of sp³-hybridized carbons (Fsp3) is 0.529. The molecule has 0 N–H and O–H groups in total. The molecule has 0 spiro atoms. The number of amides is 2. The lowest BCUT2D eigenvalue weighted by atomic mass is 9.90. The number of imide groups is 1. The van der Waals surface area contributed by atoms with Gasteiger partial charge in [-0.3, -0.25) is 4.79 Å². The zero-order chi connectivity index (χ0) is 16.3. The van der Waals surface area contributed by atoms with Crippen molar-refractivity contribution in [3.8, 4) is 0 Å². The van der Waals surface area contributed by atoms with Crippen LogP contribution in [0.5, 0.6) is 0 Å². The fourth-order valence-electron chi connectivity index (χ4n) is 2.57. The summed E-state index contributed by atoms with van der Waals surface area (Å²) in [5.74, 6) is -0.966. The quantitative estimate of drug-likeness (QED) is 0.839. The molecule has 1 atom stereocenters. The molecule has 0 bridgehead atoms. The van der Waals surface area contributed by atoms with Gasteiger partial charge in [0.25, 0.3) is 0 Å². The van der Waals surface area contributed by atoms with Crippen molar-refractivity contribution in [3.05, 3.63) is 35.6 Å². The highest BCUT2D eigenvalue weighted by Gasteiger charge is 2.35. The smallest absolute Gasteiger partial charge is 0.417 e. The van der Waals surface area contributed by atoms with Crippen molar-refractivity contribution in [1.29, 1.82) is 0 Å². The summed E-state index contributed by atoms with van der Waals surface area (Å²) in [6.45, 7) is 5.64. The molecule has 0 saturated carbocycles. The number of hydrogen-bond donors (Lipinski definition) is 0. The molecule has 2 rings (SSSR count). The Balaban J connectivity index is 2.07. The van der Waals surface area contributed by atoms with Crippen LogP contribution in [0.3, 0.4) is 0 Å². The number of halogens is 1. The van der Waals surface area contributed by atoms with Crippen LogP contribution < -0.4 is 0 Å². The van der Waals surface area contributed by atoms with E-state index in [2.05, 4.69) is 0 Å². The topological polar surface area (TPSA) is 46.6 Å². The second-order valence-corrected chi connectivity index (χ2v) is 6.60. The molecule has 1 heterocycles. The largest absolute Gasteiger partial charge is 0.443 e. The Morgan fingerprint density at radius 3 is 2.68 bits per heavy atom. The van der Waals surface area contributed by atoms with E-state index < -0.39 is 11.7 Å². The highest BCUT2D eigenvalue weighted by atomic mass is 19.1. The average Bonchev–Trinajstić information content (AvgIpc) is 2.41. The number of ether oxygens (including phenoxy) is 1. The lowest BCUT2D eigenvalue weighted by Gasteiger charge is -2.32. The number of rotatable bonds is 2. The third-order valence-corrected chi connectivity index (χ3v) is 3.59. The van der Waals surface area contributed by atoms with Crippen molar-refractivity contribution in [3.63, 3.8) is 0 Å². The van der Waals surface area contributed by atoms with Crippen molar-refractivity contribution in [1.82, 2.24) is 4.90 Å². The molecule has 0 radical (unpaired) electrons. The molecule has 5 heteroatoms. The molecule has 1 aliphatic rings. The molecule has 1 saturated heterocycles. The Morgan fingerprint density at radius 2 is 2.05 bits per heavy atom. The summed E-state index contributed by atoms with van der Waals surface area (Å²) in [5.41, 5.74) is -0.137. The zero-order valence-electron chi connectivity index (χ0n) is 13.3. The minimum atomic E-state index is -0.643. The van der Waals surface area contributed by atoms with Crippen LogP contribution in [-0.2, 0) is 16.0 Å². The maximum Gasteiger partial charge on any atom is 0.417 e. The van der Waals surface area contributed by atoms with Crippen molar-refractivity contribution in [2.24, 2.45) is 5.92 Å². The van der Waals surface area contributed by atoms with Gasteiger partial charge in [0, 0.05) is 12.5 Å². The summed E-state index contributed by atoms with van der Waals surface area (Å²) in [7, 11) is 0.